The van der Waals surface area contributed by atoms with E-state index in [9.17, 15) is 16.8 Å². The van der Waals surface area contributed by atoms with Gasteiger partial charge >= 0.3 is 0 Å². The maximum absolute atomic E-state index is 12.3. The molecule has 0 aromatic rings. The van der Waals surface area contributed by atoms with Crippen molar-refractivity contribution in [2.75, 3.05) is 77.0 Å². The topological polar surface area (TPSA) is 140 Å². The highest BCUT2D eigenvalue weighted by Crippen LogP contribution is 2.14. The Kier molecular flexibility index (Phi) is 69.1. The van der Waals surface area contributed by atoms with Crippen molar-refractivity contribution in [1.29, 1.82) is 0 Å². The van der Waals surface area contributed by atoms with Gasteiger partial charge in [0.05, 0.1) is 11.5 Å². The van der Waals surface area contributed by atoms with Crippen LogP contribution in [0, 0.1) is 0 Å². The number of unbranched alkanes of at least 4 members (excludes halogenated alkanes) is 27. The van der Waals surface area contributed by atoms with E-state index in [-0.39, 0.29) is 61.1 Å². The third-order valence-corrected chi connectivity index (χ3v) is 14.5. The molecule has 0 saturated carbocycles. The molecule has 394 valence electrons. The molecular formula is C48H108Cl4N6O4S2. The van der Waals surface area contributed by atoms with Gasteiger partial charge in [0.25, 0.3) is 0 Å². The largest absolute Gasteiger partial charge is 0.317 e. The van der Waals surface area contributed by atoms with Crippen LogP contribution in [-0.4, -0.2) is 93.8 Å². The summed E-state index contributed by atoms with van der Waals surface area (Å²) in [6, 6.07) is 0. The van der Waals surface area contributed by atoms with Crippen LogP contribution in [0.5, 0.6) is 0 Å². The van der Waals surface area contributed by atoms with E-state index in [1.807, 2.05) is 0 Å². The van der Waals surface area contributed by atoms with Crippen LogP contribution in [0.3, 0.4) is 0 Å². The van der Waals surface area contributed by atoms with Gasteiger partial charge < -0.3 is 21.3 Å². The number of hydrogen-bond acceptors (Lipinski definition) is 8. The lowest BCUT2D eigenvalue weighted by Gasteiger charge is -2.09. The Morgan fingerprint density at radius 2 is 0.422 bits per heavy atom. The lowest BCUT2D eigenvalue weighted by molar-refractivity contribution is 0.534. The Balaban J connectivity index is -0.00000290. The normalized spacial score (nSPS) is 11.5. The van der Waals surface area contributed by atoms with Gasteiger partial charge in [0, 0.05) is 13.1 Å². The van der Waals surface area contributed by atoms with Crippen molar-refractivity contribution in [3.63, 3.8) is 0 Å². The van der Waals surface area contributed by atoms with Crippen LogP contribution in [0.25, 0.3) is 0 Å². The zero-order valence-electron chi connectivity index (χ0n) is 41.6. The summed E-state index contributed by atoms with van der Waals surface area (Å²) in [5.41, 5.74) is 0. The van der Waals surface area contributed by atoms with Gasteiger partial charge in [-0.15, -0.1) is 49.6 Å². The zero-order valence-corrected chi connectivity index (χ0v) is 46.5. The average Bonchev–Trinajstić information content (AvgIpc) is 3.22. The first-order valence-corrected chi connectivity index (χ1v) is 29.4. The molecule has 0 radical (unpaired) electrons. The van der Waals surface area contributed by atoms with E-state index in [2.05, 4.69) is 44.6 Å². The summed E-state index contributed by atoms with van der Waals surface area (Å²) in [4.78, 5) is 0. The lowest BCUT2D eigenvalue weighted by Crippen LogP contribution is -2.30. The smallest absolute Gasteiger partial charge is 0.211 e. The Labute approximate surface area is 423 Å². The lowest BCUT2D eigenvalue weighted by atomic mass is 10.0. The Morgan fingerprint density at radius 1 is 0.234 bits per heavy atom. The van der Waals surface area contributed by atoms with Crippen LogP contribution in [0.2, 0.25) is 0 Å². The predicted molar refractivity (Wildman–Crippen MR) is 292 cm³/mol. The van der Waals surface area contributed by atoms with E-state index >= 15 is 0 Å². The molecule has 0 fully saturated rings. The van der Waals surface area contributed by atoms with Crippen molar-refractivity contribution in [3.8, 4) is 0 Å². The quantitative estimate of drug-likeness (QED) is 0.0331. The van der Waals surface area contributed by atoms with Gasteiger partial charge in [-0.3, -0.25) is 0 Å². The van der Waals surface area contributed by atoms with E-state index < -0.39 is 20.0 Å². The van der Waals surface area contributed by atoms with E-state index in [1.165, 1.54) is 141 Å². The fraction of sp³-hybridized carbons (Fsp3) is 1.00. The molecule has 0 rings (SSSR count). The minimum Gasteiger partial charge on any atom is -0.317 e. The predicted octanol–water partition coefficient (Wildman–Crippen LogP) is 12.2. The van der Waals surface area contributed by atoms with Gasteiger partial charge in [-0.2, -0.15) is 0 Å². The summed E-state index contributed by atoms with van der Waals surface area (Å²) in [7, 11) is -6.29. The molecule has 0 aromatic heterocycles. The van der Waals surface area contributed by atoms with E-state index in [0.29, 0.717) is 13.1 Å². The monoisotopic (exact) mass is 1040 g/mol. The molecule has 16 heteroatoms. The number of nitrogens with one attached hydrogen (secondary N) is 6. The maximum atomic E-state index is 12.3. The molecule has 10 nitrogen and oxygen atoms in total. The first kappa shape index (κ1) is 73.8. The second kappa shape index (κ2) is 59.9. The van der Waals surface area contributed by atoms with Crippen molar-refractivity contribution >= 4 is 69.7 Å². The average molecular weight is 1040 g/mol. The highest BCUT2D eigenvalue weighted by molar-refractivity contribution is 7.89. The molecular weight excluding hydrogens is 931 g/mol. The number of sulfonamides is 2. The minimum atomic E-state index is -3.15. The number of hydrogen-bond donors (Lipinski definition) is 6. The van der Waals surface area contributed by atoms with Crippen LogP contribution >= 0.6 is 49.6 Å². The van der Waals surface area contributed by atoms with Gasteiger partial charge in [0.2, 0.25) is 20.0 Å². The van der Waals surface area contributed by atoms with Crippen molar-refractivity contribution in [3.05, 3.63) is 0 Å². The third-order valence-electron chi connectivity index (χ3n) is 11.6. The third kappa shape index (κ3) is 62.8. The minimum absolute atomic E-state index is 0. The van der Waals surface area contributed by atoms with Crippen molar-refractivity contribution in [2.45, 2.75) is 232 Å². The molecule has 0 aliphatic carbocycles. The number of rotatable bonds is 53. The van der Waals surface area contributed by atoms with Gasteiger partial charge in [0.15, 0.2) is 0 Å². The summed E-state index contributed by atoms with van der Waals surface area (Å²) in [6.45, 7) is 13.2. The highest BCUT2D eigenvalue weighted by Gasteiger charge is 2.10. The first-order valence-electron chi connectivity index (χ1n) is 26.1. The Morgan fingerprint density at radius 3 is 0.656 bits per heavy atom. The molecule has 0 unspecified atom stereocenters. The molecule has 0 aliphatic heterocycles. The molecule has 0 atom stereocenters. The molecule has 0 aromatic carbocycles. The Bertz CT molecular complexity index is 991. The second-order valence-corrected chi connectivity index (χ2v) is 21.6. The van der Waals surface area contributed by atoms with Crippen molar-refractivity contribution in [2.24, 2.45) is 0 Å². The van der Waals surface area contributed by atoms with Gasteiger partial charge in [-0.05, 0) is 104 Å². The van der Waals surface area contributed by atoms with E-state index in [0.717, 1.165) is 129 Å². The fourth-order valence-electron chi connectivity index (χ4n) is 7.68. The van der Waals surface area contributed by atoms with Gasteiger partial charge in [-0.1, -0.05) is 181 Å². The SMILES string of the molecule is CCCCCCCCCCCCCCCCS(=O)(=O)NCCCNCCCNCCCCNCCCNCCCNS(=O)(=O)CCCCCCCCCCCCCCCC.Cl.Cl.Cl.Cl. The van der Waals surface area contributed by atoms with Gasteiger partial charge in [-0.25, -0.2) is 26.3 Å². The highest BCUT2D eigenvalue weighted by atomic mass is 35.5. The summed E-state index contributed by atoms with van der Waals surface area (Å²) in [5.74, 6) is 0.516. The van der Waals surface area contributed by atoms with Crippen molar-refractivity contribution < 1.29 is 16.8 Å². The van der Waals surface area contributed by atoms with E-state index in [4.69, 9.17) is 0 Å². The standard InChI is InChI=1S/C48H104N6O4S2.4ClH/c1-3-5-7-9-11-13-15-17-19-21-23-25-27-31-47-59(55,56)53-45-35-43-51-41-33-39-49-37-29-30-38-50-40-34-42-52-44-36-46-54-60(57,58)48-32-28-26-24-22-20-18-16-14-12-10-8-6-4-2;;;;/h49-54H,3-48H2,1-2H3;4*1H. The second-order valence-electron chi connectivity index (χ2n) is 17.7. The fourth-order valence-corrected chi connectivity index (χ4v) is 10.0. The summed E-state index contributed by atoms with van der Waals surface area (Å²) >= 11 is 0. The summed E-state index contributed by atoms with van der Waals surface area (Å²) in [5, 5.41) is 13.9. The summed E-state index contributed by atoms with van der Waals surface area (Å²) in [6.07, 6.45) is 41.8. The molecule has 0 aliphatic rings. The molecule has 64 heavy (non-hydrogen) atoms. The van der Waals surface area contributed by atoms with Crippen LogP contribution in [0.1, 0.15) is 232 Å². The maximum Gasteiger partial charge on any atom is 0.211 e. The number of halogens is 4. The van der Waals surface area contributed by atoms with Gasteiger partial charge in [0.1, 0.15) is 0 Å². The van der Waals surface area contributed by atoms with E-state index in [1.54, 1.807) is 0 Å². The molecule has 0 saturated heterocycles. The van der Waals surface area contributed by atoms with Crippen LogP contribution < -0.4 is 30.7 Å². The Hall–Kier alpha value is 0.820. The molecule has 0 bridgehead atoms. The first-order chi connectivity index (χ1) is 29.3. The molecule has 0 heterocycles. The van der Waals surface area contributed by atoms with Crippen LogP contribution in [0.4, 0.5) is 0 Å². The zero-order chi connectivity index (χ0) is 43.8. The summed E-state index contributed by atoms with van der Waals surface area (Å²) < 4.78 is 54.7. The molecule has 0 amide bonds. The molecule has 0 spiro atoms. The van der Waals surface area contributed by atoms with Crippen LogP contribution in [0.15, 0.2) is 0 Å². The molecule has 6 N–H and O–H groups in total. The van der Waals surface area contributed by atoms with Crippen LogP contribution in [-0.2, 0) is 20.0 Å². The van der Waals surface area contributed by atoms with Crippen molar-refractivity contribution in [1.82, 2.24) is 30.7 Å².